The van der Waals surface area contributed by atoms with Crippen LogP contribution < -0.4 is 4.74 Å². The van der Waals surface area contributed by atoms with Gasteiger partial charge >= 0.3 is 0 Å². The van der Waals surface area contributed by atoms with Crippen molar-refractivity contribution in [2.45, 2.75) is 20.0 Å². The second-order valence-corrected chi connectivity index (χ2v) is 5.99. The van der Waals surface area contributed by atoms with Crippen LogP contribution in [-0.4, -0.2) is 11.2 Å². The van der Waals surface area contributed by atoms with Crippen molar-refractivity contribution in [2.24, 2.45) is 0 Å². The van der Waals surface area contributed by atoms with Crippen LogP contribution in [0.15, 0.2) is 48.5 Å². The summed E-state index contributed by atoms with van der Waals surface area (Å²) in [5.41, 5.74) is 1.03. The Bertz CT molecular complexity index is 729. The van der Waals surface area contributed by atoms with Crippen molar-refractivity contribution >= 4 is 21.4 Å². The zero-order chi connectivity index (χ0) is 14.1. The molecule has 0 aliphatic carbocycles. The van der Waals surface area contributed by atoms with Crippen LogP contribution in [0.3, 0.4) is 0 Å². The molecule has 102 valence electrons. The fraction of sp³-hybridized carbons (Fsp3) is 0.176. The SMILES string of the molecule is CC(C)Oc1cccc2sc(-c3ccccc3)c(O)c12. The van der Waals surface area contributed by atoms with Gasteiger partial charge in [0.1, 0.15) is 11.5 Å². The first-order valence-electron chi connectivity index (χ1n) is 6.63. The number of ether oxygens (including phenoxy) is 1. The maximum atomic E-state index is 10.6. The highest BCUT2D eigenvalue weighted by molar-refractivity contribution is 7.22. The summed E-state index contributed by atoms with van der Waals surface area (Å²) >= 11 is 1.59. The maximum Gasteiger partial charge on any atom is 0.145 e. The second-order valence-electron chi connectivity index (χ2n) is 4.94. The molecule has 0 radical (unpaired) electrons. The molecular formula is C17H16O2S. The zero-order valence-corrected chi connectivity index (χ0v) is 12.3. The average molecular weight is 284 g/mol. The van der Waals surface area contributed by atoms with Crippen LogP contribution in [0.1, 0.15) is 13.8 Å². The van der Waals surface area contributed by atoms with Crippen LogP contribution in [0.5, 0.6) is 11.5 Å². The first-order valence-corrected chi connectivity index (χ1v) is 7.45. The lowest BCUT2D eigenvalue weighted by Gasteiger charge is -2.10. The summed E-state index contributed by atoms with van der Waals surface area (Å²) in [7, 11) is 0. The molecule has 2 aromatic carbocycles. The highest BCUT2D eigenvalue weighted by atomic mass is 32.1. The summed E-state index contributed by atoms with van der Waals surface area (Å²) < 4.78 is 6.85. The van der Waals surface area contributed by atoms with E-state index in [4.69, 9.17) is 4.74 Å². The van der Waals surface area contributed by atoms with Crippen LogP contribution in [0.25, 0.3) is 20.5 Å². The largest absolute Gasteiger partial charge is 0.506 e. The van der Waals surface area contributed by atoms with E-state index in [1.54, 1.807) is 11.3 Å². The van der Waals surface area contributed by atoms with Crippen molar-refractivity contribution in [2.75, 3.05) is 0 Å². The van der Waals surface area contributed by atoms with Crippen molar-refractivity contribution in [1.82, 2.24) is 0 Å². The highest BCUT2D eigenvalue weighted by Gasteiger charge is 2.17. The van der Waals surface area contributed by atoms with Crippen LogP contribution in [0.2, 0.25) is 0 Å². The van der Waals surface area contributed by atoms with Gasteiger partial charge in [-0.3, -0.25) is 0 Å². The summed E-state index contributed by atoms with van der Waals surface area (Å²) in [4.78, 5) is 0.889. The van der Waals surface area contributed by atoms with E-state index in [0.29, 0.717) is 5.75 Å². The molecule has 0 atom stereocenters. The molecular weight excluding hydrogens is 268 g/mol. The standard InChI is InChI=1S/C17H16O2S/c1-11(2)19-13-9-6-10-14-15(13)16(18)17(20-14)12-7-4-3-5-8-12/h3-11,18H,1-2H3. The van der Waals surface area contributed by atoms with Crippen molar-refractivity contribution in [1.29, 1.82) is 0 Å². The molecule has 0 spiro atoms. The van der Waals surface area contributed by atoms with Crippen molar-refractivity contribution in [3.8, 4) is 21.9 Å². The van der Waals surface area contributed by atoms with Crippen LogP contribution >= 0.6 is 11.3 Å². The van der Waals surface area contributed by atoms with Crippen molar-refractivity contribution in [3.63, 3.8) is 0 Å². The summed E-state index contributed by atoms with van der Waals surface area (Å²) in [5.74, 6) is 1.06. The van der Waals surface area contributed by atoms with Gasteiger partial charge < -0.3 is 9.84 Å². The van der Waals surface area contributed by atoms with E-state index in [2.05, 4.69) is 0 Å². The zero-order valence-electron chi connectivity index (χ0n) is 11.5. The monoisotopic (exact) mass is 284 g/mol. The molecule has 1 heterocycles. The van der Waals surface area contributed by atoms with E-state index < -0.39 is 0 Å². The van der Waals surface area contributed by atoms with E-state index in [-0.39, 0.29) is 6.10 Å². The summed E-state index contributed by atoms with van der Waals surface area (Å²) in [6.45, 7) is 3.97. The van der Waals surface area contributed by atoms with Crippen molar-refractivity contribution in [3.05, 3.63) is 48.5 Å². The van der Waals surface area contributed by atoms with Crippen LogP contribution in [-0.2, 0) is 0 Å². The fourth-order valence-electron chi connectivity index (χ4n) is 2.24. The molecule has 0 fully saturated rings. The van der Waals surface area contributed by atoms with Gasteiger partial charge in [-0.1, -0.05) is 36.4 Å². The number of fused-ring (bicyclic) bond motifs is 1. The third-order valence-electron chi connectivity index (χ3n) is 3.05. The topological polar surface area (TPSA) is 29.5 Å². The average Bonchev–Trinajstić information content (AvgIpc) is 2.78. The molecule has 0 saturated heterocycles. The molecule has 0 unspecified atom stereocenters. The Kier molecular flexibility index (Phi) is 3.36. The molecule has 2 nitrogen and oxygen atoms in total. The number of hydrogen-bond donors (Lipinski definition) is 1. The molecule has 0 aliphatic heterocycles. The van der Waals surface area contributed by atoms with Gasteiger partial charge in [0.2, 0.25) is 0 Å². The number of hydrogen-bond acceptors (Lipinski definition) is 3. The van der Waals surface area contributed by atoms with Gasteiger partial charge in [-0.15, -0.1) is 11.3 Å². The lowest BCUT2D eigenvalue weighted by molar-refractivity contribution is 0.245. The quantitative estimate of drug-likeness (QED) is 0.728. The molecule has 1 aromatic heterocycles. The Morgan fingerprint density at radius 3 is 2.45 bits per heavy atom. The smallest absolute Gasteiger partial charge is 0.145 e. The summed E-state index contributed by atoms with van der Waals surface area (Å²) in [6, 6.07) is 15.8. The van der Waals surface area contributed by atoms with Crippen LogP contribution in [0, 0.1) is 0 Å². The van der Waals surface area contributed by atoms with Gasteiger partial charge in [0.15, 0.2) is 0 Å². The predicted octanol–water partition coefficient (Wildman–Crippen LogP) is 5.06. The Hall–Kier alpha value is -2.00. The van der Waals surface area contributed by atoms with Gasteiger partial charge in [0, 0.05) is 4.70 Å². The molecule has 0 saturated carbocycles. The third kappa shape index (κ3) is 2.25. The highest BCUT2D eigenvalue weighted by Crippen LogP contribution is 2.47. The normalized spacial score (nSPS) is 11.2. The van der Waals surface area contributed by atoms with Crippen molar-refractivity contribution < 1.29 is 9.84 Å². The Morgan fingerprint density at radius 2 is 1.75 bits per heavy atom. The molecule has 20 heavy (non-hydrogen) atoms. The Morgan fingerprint density at radius 1 is 1.00 bits per heavy atom. The van der Waals surface area contributed by atoms with E-state index in [1.807, 2.05) is 62.4 Å². The molecule has 3 rings (SSSR count). The molecule has 0 amide bonds. The molecule has 0 aliphatic rings. The number of benzene rings is 2. The Balaban J connectivity index is 2.20. The van der Waals surface area contributed by atoms with E-state index in [9.17, 15) is 5.11 Å². The number of aromatic hydroxyl groups is 1. The van der Waals surface area contributed by atoms with E-state index in [0.717, 1.165) is 26.3 Å². The lowest BCUT2D eigenvalue weighted by atomic mass is 10.1. The first kappa shape index (κ1) is 13.0. The first-order chi connectivity index (χ1) is 9.66. The van der Waals surface area contributed by atoms with E-state index >= 15 is 0 Å². The summed E-state index contributed by atoms with van der Waals surface area (Å²) in [5, 5.41) is 11.4. The van der Waals surface area contributed by atoms with Gasteiger partial charge in [0.05, 0.1) is 16.4 Å². The predicted molar refractivity (Wildman–Crippen MR) is 84.7 cm³/mol. The van der Waals surface area contributed by atoms with Gasteiger partial charge in [-0.05, 0) is 31.5 Å². The molecule has 1 N–H and O–H groups in total. The molecule has 3 heteroatoms. The molecule has 3 aromatic rings. The minimum absolute atomic E-state index is 0.0834. The van der Waals surface area contributed by atoms with Gasteiger partial charge in [0.25, 0.3) is 0 Å². The second kappa shape index (κ2) is 5.17. The minimum atomic E-state index is 0.0834. The van der Waals surface area contributed by atoms with Gasteiger partial charge in [-0.25, -0.2) is 0 Å². The van der Waals surface area contributed by atoms with Crippen LogP contribution in [0.4, 0.5) is 0 Å². The Labute approximate surface area is 122 Å². The maximum absolute atomic E-state index is 10.6. The minimum Gasteiger partial charge on any atom is -0.506 e. The number of thiophene rings is 1. The lowest BCUT2D eigenvalue weighted by Crippen LogP contribution is -2.05. The van der Waals surface area contributed by atoms with Gasteiger partial charge in [-0.2, -0.15) is 0 Å². The molecule has 0 bridgehead atoms. The van der Waals surface area contributed by atoms with E-state index in [1.165, 1.54) is 0 Å². The third-order valence-corrected chi connectivity index (χ3v) is 4.24. The fourth-order valence-corrected chi connectivity index (χ4v) is 3.36. The number of rotatable bonds is 3. The summed E-state index contributed by atoms with van der Waals surface area (Å²) in [6.07, 6.45) is 0.0834.